The van der Waals surface area contributed by atoms with Gasteiger partial charge in [0.2, 0.25) is 0 Å². The first-order chi connectivity index (χ1) is 8.31. The van der Waals surface area contributed by atoms with Gasteiger partial charge in [0.05, 0.1) is 6.10 Å². The van der Waals surface area contributed by atoms with Gasteiger partial charge < -0.3 is 9.84 Å². The minimum absolute atomic E-state index is 0.0767. The number of nitrogens with zero attached hydrogens (tertiary/aromatic N) is 1. The molecular formula is C14H27NO2. The third kappa shape index (κ3) is 3.67. The predicted octanol–water partition coefficient (Wildman–Crippen LogP) is 2.04. The number of ether oxygens (including phenoxy) is 1. The lowest BCUT2D eigenvalue weighted by Crippen LogP contribution is -2.49. The molecule has 1 aliphatic heterocycles. The molecule has 100 valence electrons. The number of piperidine rings is 1. The Kier molecular flexibility index (Phi) is 5.26. The number of rotatable bonds is 4. The maximum Gasteiger partial charge on any atom is 0.0695 e. The Morgan fingerprint density at radius 3 is 2.47 bits per heavy atom. The molecule has 0 aromatic rings. The Hall–Kier alpha value is -0.120. The van der Waals surface area contributed by atoms with E-state index < -0.39 is 0 Å². The molecule has 2 atom stereocenters. The summed E-state index contributed by atoms with van der Waals surface area (Å²) in [5, 5.41) is 10.1. The Labute approximate surface area is 105 Å². The van der Waals surface area contributed by atoms with E-state index in [0.29, 0.717) is 6.04 Å². The lowest BCUT2D eigenvalue weighted by molar-refractivity contribution is -0.00579. The highest BCUT2D eigenvalue weighted by molar-refractivity contribution is 4.85. The molecule has 1 saturated heterocycles. The summed E-state index contributed by atoms with van der Waals surface area (Å²) < 4.78 is 5.51. The summed E-state index contributed by atoms with van der Waals surface area (Å²) in [5.41, 5.74) is 0. The topological polar surface area (TPSA) is 32.7 Å². The van der Waals surface area contributed by atoms with Crippen LogP contribution in [0.25, 0.3) is 0 Å². The van der Waals surface area contributed by atoms with Crippen molar-refractivity contribution in [1.82, 2.24) is 4.90 Å². The van der Waals surface area contributed by atoms with Crippen molar-refractivity contribution < 1.29 is 9.84 Å². The van der Waals surface area contributed by atoms with Crippen LogP contribution >= 0.6 is 0 Å². The lowest BCUT2D eigenvalue weighted by atomic mass is 9.88. The standard InChI is InChI=1S/C14H27NO2/c1-2-17-11-12-7-9-15(10-8-12)13-5-3-4-6-14(13)16/h12-14,16H,2-11H2,1H3. The highest BCUT2D eigenvalue weighted by Crippen LogP contribution is 2.27. The molecule has 17 heavy (non-hydrogen) atoms. The van der Waals surface area contributed by atoms with E-state index in [-0.39, 0.29) is 6.10 Å². The minimum atomic E-state index is -0.0767. The Morgan fingerprint density at radius 2 is 1.82 bits per heavy atom. The van der Waals surface area contributed by atoms with E-state index in [0.717, 1.165) is 38.6 Å². The molecule has 2 rings (SSSR count). The molecule has 0 bridgehead atoms. The fourth-order valence-corrected chi connectivity index (χ4v) is 3.25. The van der Waals surface area contributed by atoms with Gasteiger partial charge in [-0.3, -0.25) is 4.90 Å². The van der Waals surface area contributed by atoms with E-state index >= 15 is 0 Å². The van der Waals surface area contributed by atoms with Gasteiger partial charge in [-0.1, -0.05) is 12.8 Å². The van der Waals surface area contributed by atoms with Gasteiger partial charge >= 0.3 is 0 Å². The predicted molar refractivity (Wildman–Crippen MR) is 69.1 cm³/mol. The van der Waals surface area contributed by atoms with Crippen molar-refractivity contribution >= 4 is 0 Å². The third-order valence-electron chi connectivity index (χ3n) is 4.37. The number of hydrogen-bond donors (Lipinski definition) is 1. The second-order valence-electron chi connectivity index (χ2n) is 5.56. The van der Waals surface area contributed by atoms with Crippen molar-refractivity contribution in [3.63, 3.8) is 0 Å². The Balaban J connectivity index is 1.74. The highest BCUT2D eigenvalue weighted by Gasteiger charge is 2.31. The first kappa shape index (κ1) is 13.3. The van der Waals surface area contributed by atoms with Crippen LogP contribution in [0.1, 0.15) is 45.4 Å². The van der Waals surface area contributed by atoms with Gasteiger partial charge in [-0.2, -0.15) is 0 Å². The van der Waals surface area contributed by atoms with Gasteiger partial charge in [0.25, 0.3) is 0 Å². The Bertz CT molecular complexity index is 214. The fraction of sp³-hybridized carbons (Fsp3) is 1.00. The van der Waals surface area contributed by atoms with Crippen LogP contribution in [-0.4, -0.2) is 48.5 Å². The average molecular weight is 241 g/mol. The lowest BCUT2D eigenvalue weighted by Gasteiger charge is -2.41. The molecule has 2 aliphatic rings. The zero-order valence-corrected chi connectivity index (χ0v) is 11.1. The van der Waals surface area contributed by atoms with E-state index in [4.69, 9.17) is 4.74 Å². The van der Waals surface area contributed by atoms with Crippen LogP contribution in [0.4, 0.5) is 0 Å². The zero-order chi connectivity index (χ0) is 12.1. The van der Waals surface area contributed by atoms with E-state index in [2.05, 4.69) is 11.8 Å². The largest absolute Gasteiger partial charge is 0.391 e. The molecule has 1 saturated carbocycles. The van der Waals surface area contributed by atoms with Crippen molar-refractivity contribution in [2.24, 2.45) is 5.92 Å². The van der Waals surface area contributed by atoms with Crippen molar-refractivity contribution in [3.05, 3.63) is 0 Å². The van der Waals surface area contributed by atoms with E-state index in [1.54, 1.807) is 0 Å². The first-order valence-electron chi connectivity index (χ1n) is 7.31. The summed E-state index contributed by atoms with van der Waals surface area (Å²) >= 11 is 0. The summed E-state index contributed by atoms with van der Waals surface area (Å²) in [6, 6.07) is 0.441. The van der Waals surface area contributed by atoms with Crippen LogP contribution in [0.15, 0.2) is 0 Å². The smallest absolute Gasteiger partial charge is 0.0695 e. The van der Waals surface area contributed by atoms with Crippen LogP contribution in [0.3, 0.4) is 0 Å². The number of likely N-dealkylation sites (tertiary alicyclic amines) is 1. The summed E-state index contributed by atoms with van der Waals surface area (Å²) in [6.07, 6.45) is 7.10. The first-order valence-corrected chi connectivity index (χ1v) is 7.31. The molecule has 0 spiro atoms. The molecule has 2 fully saturated rings. The minimum Gasteiger partial charge on any atom is -0.391 e. The monoisotopic (exact) mass is 241 g/mol. The average Bonchev–Trinajstić information content (AvgIpc) is 2.38. The molecule has 1 heterocycles. The van der Waals surface area contributed by atoms with Gasteiger partial charge in [-0.05, 0) is 51.6 Å². The summed E-state index contributed by atoms with van der Waals surface area (Å²) in [4.78, 5) is 2.52. The van der Waals surface area contributed by atoms with Gasteiger partial charge in [-0.25, -0.2) is 0 Å². The van der Waals surface area contributed by atoms with E-state index in [9.17, 15) is 5.11 Å². The molecule has 1 aliphatic carbocycles. The van der Waals surface area contributed by atoms with Crippen LogP contribution in [0, 0.1) is 5.92 Å². The van der Waals surface area contributed by atoms with Gasteiger partial charge in [0.1, 0.15) is 0 Å². The third-order valence-corrected chi connectivity index (χ3v) is 4.37. The molecule has 3 heteroatoms. The van der Waals surface area contributed by atoms with E-state index in [1.807, 2.05) is 0 Å². The van der Waals surface area contributed by atoms with Crippen molar-refractivity contribution in [2.45, 2.75) is 57.6 Å². The fourth-order valence-electron chi connectivity index (χ4n) is 3.25. The van der Waals surface area contributed by atoms with Crippen LogP contribution < -0.4 is 0 Å². The molecule has 2 unspecified atom stereocenters. The molecule has 3 nitrogen and oxygen atoms in total. The molecule has 1 N–H and O–H groups in total. The normalized spacial score (nSPS) is 32.8. The van der Waals surface area contributed by atoms with Crippen molar-refractivity contribution in [2.75, 3.05) is 26.3 Å². The SMILES string of the molecule is CCOCC1CCN(C2CCCCC2O)CC1. The zero-order valence-electron chi connectivity index (χ0n) is 11.1. The second-order valence-corrected chi connectivity index (χ2v) is 5.56. The molecule has 0 amide bonds. The van der Waals surface area contributed by atoms with Crippen LogP contribution in [-0.2, 0) is 4.74 Å². The number of aliphatic hydroxyl groups excluding tert-OH is 1. The van der Waals surface area contributed by atoms with Crippen molar-refractivity contribution in [1.29, 1.82) is 0 Å². The molecular weight excluding hydrogens is 214 g/mol. The van der Waals surface area contributed by atoms with Crippen molar-refractivity contribution in [3.8, 4) is 0 Å². The highest BCUT2D eigenvalue weighted by atomic mass is 16.5. The van der Waals surface area contributed by atoms with Gasteiger partial charge in [0, 0.05) is 19.3 Å². The summed E-state index contributed by atoms with van der Waals surface area (Å²) in [6.45, 7) is 6.13. The van der Waals surface area contributed by atoms with Crippen LogP contribution in [0.2, 0.25) is 0 Å². The molecule has 0 radical (unpaired) electrons. The van der Waals surface area contributed by atoms with E-state index in [1.165, 1.54) is 32.1 Å². The maximum atomic E-state index is 10.1. The Morgan fingerprint density at radius 1 is 1.12 bits per heavy atom. The number of hydrogen-bond acceptors (Lipinski definition) is 3. The van der Waals surface area contributed by atoms with Crippen LogP contribution in [0.5, 0.6) is 0 Å². The second kappa shape index (κ2) is 6.72. The molecule has 0 aromatic carbocycles. The summed E-state index contributed by atoms with van der Waals surface area (Å²) in [7, 11) is 0. The quantitative estimate of drug-likeness (QED) is 0.817. The van der Waals surface area contributed by atoms with Gasteiger partial charge in [-0.15, -0.1) is 0 Å². The summed E-state index contributed by atoms with van der Waals surface area (Å²) in [5.74, 6) is 0.743. The number of aliphatic hydroxyl groups is 1. The maximum absolute atomic E-state index is 10.1. The molecule has 0 aromatic heterocycles. The van der Waals surface area contributed by atoms with Gasteiger partial charge in [0.15, 0.2) is 0 Å².